The van der Waals surface area contributed by atoms with Crippen molar-refractivity contribution in [1.29, 1.82) is 0 Å². The lowest BCUT2D eigenvalue weighted by atomic mass is 11.3. The topological polar surface area (TPSA) is 86.6 Å². The molecule has 0 saturated carbocycles. The molecule has 0 rings (SSSR count). The van der Waals surface area contributed by atoms with Gasteiger partial charge in [0.25, 0.3) is 0 Å². The van der Waals surface area contributed by atoms with E-state index in [2.05, 4.69) is 5.32 Å². The zero-order valence-electron chi connectivity index (χ0n) is 4.62. The van der Waals surface area contributed by atoms with Crippen molar-refractivity contribution < 1.29 is 17.5 Å². The van der Waals surface area contributed by atoms with E-state index in [9.17, 15) is 0 Å². The van der Waals surface area contributed by atoms with Crippen molar-refractivity contribution in [2.24, 2.45) is 0 Å². The van der Waals surface area contributed by atoms with E-state index in [-0.39, 0.29) is 0 Å². The summed E-state index contributed by atoms with van der Waals surface area (Å²) in [5.74, 6) is 0. The second kappa shape index (κ2) is 4.98. The van der Waals surface area contributed by atoms with Crippen LogP contribution in [0, 0.1) is 0 Å². The maximum atomic E-state index is 8.74. The van der Waals surface area contributed by atoms with Crippen molar-refractivity contribution in [3.8, 4) is 0 Å². The van der Waals surface area contributed by atoms with Crippen molar-refractivity contribution in [2.75, 3.05) is 14.1 Å². The van der Waals surface area contributed by atoms with Gasteiger partial charge in [-0.15, -0.1) is 0 Å². The monoisotopic (exact) mass is 143 g/mol. The predicted octanol–water partition coefficient (Wildman–Crippen LogP) is -0.817. The highest BCUT2D eigenvalue weighted by Crippen LogP contribution is 1.59. The van der Waals surface area contributed by atoms with Crippen molar-refractivity contribution in [3.63, 3.8) is 0 Å². The lowest BCUT2D eigenvalue weighted by molar-refractivity contribution is 0.381. The molecule has 0 aromatic heterocycles. The van der Waals surface area contributed by atoms with Crippen LogP contribution in [-0.2, 0) is 10.4 Å². The Morgan fingerprint density at radius 1 is 1.25 bits per heavy atom. The van der Waals surface area contributed by atoms with Gasteiger partial charge in [-0.05, 0) is 14.1 Å². The predicted molar refractivity (Wildman–Crippen MR) is 29.2 cm³/mol. The molecule has 0 heterocycles. The molecule has 3 N–H and O–H groups in total. The first-order valence-electron chi connectivity index (χ1n) is 1.70. The van der Waals surface area contributed by atoms with Crippen LogP contribution < -0.4 is 5.32 Å². The first-order chi connectivity index (χ1) is 3.41. The molecular weight excluding hydrogens is 134 g/mol. The Morgan fingerprint density at radius 2 is 1.25 bits per heavy atom. The summed E-state index contributed by atoms with van der Waals surface area (Å²) in [5.41, 5.74) is 0. The molecule has 0 aromatic carbocycles. The van der Waals surface area contributed by atoms with E-state index in [4.69, 9.17) is 17.5 Å². The highest BCUT2D eigenvalue weighted by atomic mass is 32.3. The minimum Gasteiger partial charge on any atom is -0.323 e. The van der Waals surface area contributed by atoms with Gasteiger partial charge in [0.1, 0.15) is 0 Å². The number of hydrogen-bond donors (Lipinski definition) is 3. The molecule has 0 aliphatic rings. The lowest BCUT2D eigenvalue weighted by Crippen LogP contribution is -1.89. The minimum absolute atomic E-state index is 1.88. The second-order valence-electron chi connectivity index (χ2n) is 0.948. The Labute approximate surface area is 48.3 Å². The summed E-state index contributed by atoms with van der Waals surface area (Å²) in [4.78, 5) is 0. The van der Waals surface area contributed by atoms with Crippen molar-refractivity contribution in [3.05, 3.63) is 0 Å². The van der Waals surface area contributed by atoms with Gasteiger partial charge in [-0.2, -0.15) is 8.42 Å². The zero-order chi connectivity index (χ0) is 7.21. The van der Waals surface area contributed by atoms with Crippen molar-refractivity contribution in [1.82, 2.24) is 5.32 Å². The SMILES string of the molecule is CNC.O=S(=O)(O)O. The number of nitrogens with one attached hydrogen (secondary N) is 1. The summed E-state index contributed by atoms with van der Waals surface area (Å²) in [6.07, 6.45) is 0. The third-order valence-corrected chi connectivity index (χ3v) is 0. The molecule has 0 atom stereocenters. The quantitative estimate of drug-likeness (QED) is 0.386. The first kappa shape index (κ1) is 10.7. The van der Waals surface area contributed by atoms with Crippen LogP contribution in [-0.4, -0.2) is 31.6 Å². The fourth-order valence-electron chi connectivity index (χ4n) is 0. The van der Waals surface area contributed by atoms with Crippen LogP contribution in [0.5, 0.6) is 0 Å². The van der Waals surface area contributed by atoms with Crippen LogP contribution in [0.25, 0.3) is 0 Å². The Bertz CT molecular complexity index is 108. The molecule has 0 radical (unpaired) electrons. The average Bonchev–Trinajstić information content (AvgIpc) is 1.27. The molecule has 0 aromatic rings. The molecule has 0 aliphatic carbocycles. The summed E-state index contributed by atoms with van der Waals surface area (Å²) in [5, 5.41) is 2.75. The third-order valence-electron chi connectivity index (χ3n) is 0. The number of hydrogen-bond acceptors (Lipinski definition) is 3. The van der Waals surface area contributed by atoms with Crippen LogP contribution in [0.2, 0.25) is 0 Å². The van der Waals surface area contributed by atoms with Crippen LogP contribution in [0.15, 0.2) is 0 Å². The third kappa shape index (κ3) is 4710. The molecular formula is C2H9NO4S. The maximum Gasteiger partial charge on any atom is 0.394 e. The average molecular weight is 143 g/mol. The summed E-state index contributed by atoms with van der Waals surface area (Å²) < 4.78 is 31.6. The molecule has 8 heavy (non-hydrogen) atoms. The Balaban J connectivity index is 0. The van der Waals surface area contributed by atoms with E-state index >= 15 is 0 Å². The Morgan fingerprint density at radius 3 is 1.25 bits per heavy atom. The van der Waals surface area contributed by atoms with Gasteiger partial charge in [-0.3, -0.25) is 9.11 Å². The van der Waals surface area contributed by atoms with Crippen molar-refractivity contribution >= 4 is 10.4 Å². The van der Waals surface area contributed by atoms with Crippen LogP contribution in [0.4, 0.5) is 0 Å². The molecule has 0 spiro atoms. The lowest BCUT2D eigenvalue weighted by Gasteiger charge is -1.68. The molecule has 0 amide bonds. The van der Waals surface area contributed by atoms with E-state index in [1.165, 1.54) is 0 Å². The molecule has 0 bridgehead atoms. The van der Waals surface area contributed by atoms with E-state index in [0.717, 1.165) is 0 Å². The molecule has 0 saturated heterocycles. The molecule has 0 aliphatic heterocycles. The van der Waals surface area contributed by atoms with Gasteiger partial charge in [-0.25, -0.2) is 0 Å². The van der Waals surface area contributed by atoms with Crippen LogP contribution in [0.1, 0.15) is 0 Å². The Kier molecular flexibility index (Phi) is 6.68. The fraction of sp³-hybridized carbons (Fsp3) is 1.00. The summed E-state index contributed by atoms with van der Waals surface area (Å²) in [6.45, 7) is 0. The van der Waals surface area contributed by atoms with E-state index in [1.807, 2.05) is 14.1 Å². The molecule has 52 valence electrons. The highest BCUT2D eigenvalue weighted by Gasteiger charge is 1.84. The van der Waals surface area contributed by atoms with Crippen LogP contribution >= 0.6 is 0 Å². The summed E-state index contributed by atoms with van der Waals surface area (Å²) >= 11 is 0. The van der Waals surface area contributed by atoms with Gasteiger partial charge >= 0.3 is 10.4 Å². The van der Waals surface area contributed by atoms with E-state index < -0.39 is 10.4 Å². The zero-order valence-corrected chi connectivity index (χ0v) is 5.44. The smallest absolute Gasteiger partial charge is 0.323 e. The minimum atomic E-state index is -4.67. The van der Waals surface area contributed by atoms with Gasteiger partial charge in [0.15, 0.2) is 0 Å². The Hall–Kier alpha value is -0.170. The van der Waals surface area contributed by atoms with Gasteiger partial charge < -0.3 is 5.32 Å². The van der Waals surface area contributed by atoms with Gasteiger partial charge in [-0.1, -0.05) is 0 Å². The fourth-order valence-corrected chi connectivity index (χ4v) is 0. The normalized spacial score (nSPS) is 9.50. The van der Waals surface area contributed by atoms with E-state index in [0.29, 0.717) is 0 Å². The standard InChI is InChI=1S/C2H7N.H2O4S/c1-3-2;1-5(2,3)4/h3H,1-2H3;(H2,1,2,3,4). The number of rotatable bonds is 0. The highest BCUT2D eigenvalue weighted by molar-refractivity contribution is 7.79. The largest absolute Gasteiger partial charge is 0.394 e. The summed E-state index contributed by atoms with van der Waals surface area (Å²) in [7, 11) is -0.917. The van der Waals surface area contributed by atoms with Crippen LogP contribution in [0.3, 0.4) is 0 Å². The van der Waals surface area contributed by atoms with Gasteiger partial charge in [0, 0.05) is 0 Å². The molecule has 5 nitrogen and oxygen atoms in total. The van der Waals surface area contributed by atoms with Gasteiger partial charge in [0.2, 0.25) is 0 Å². The summed E-state index contributed by atoms with van der Waals surface area (Å²) in [6, 6.07) is 0. The van der Waals surface area contributed by atoms with Gasteiger partial charge in [0.05, 0.1) is 0 Å². The maximum absolute atomic E-state index is 8.74. The van der Waals surface area contributed by atoms with Crippen molar-refractivity contribution in [2.45, 2.75) is 0 Å². The molecule has 0 fully saturated rings. The molecule has 0 unspecified atom stereocenters. The molecule has 6 heteroatoms. The first-order valence-corrected chi connectivity index (χ1v) is 3.10. The van der Waals surface area contributed by atoms with E-state index in [1.54, 1.807) is 0 Å². The second-order valence-corrected chi connectivity index (χ2v) is 1.84.